The van der Waals surface area contributed by atoms with E-state index in [4.69, 9.17) is 4.74 Å². The Balaban J connectivity index is 2.27. The molecule has 1 aliphatic heterocycles. The van der Waals surface area contributed by atoms with Crippen LogP contribution in [0.5, 0.6) is 0 Å². The molecule has 0 N–H and O–H groups in total. The summed E-state index contributed by atoms with van der Waals surface area (Å²) in [6, 6.07) is 10.4. The van der Waals surface area contributed by atoms with Crippen LogP contribution in [0.25, 0.3) is 0 Å². The molecule has 1 aromatic rings. The molecule has 1 atom stereocenters. The Morgan fingerprint density at radius 3 is 2.64 bits per heavy atom. The van der Waals surface area contributed by atoms with Crippen molar-refractivity contribution in [1.29, 1.82) is 0 Å². The summed E-state index contributed by atoms with van der Waals surface area (Å²) < 4.78 is 5.86. The fourth-order valence-electron chi connectivity index (χ4n) is 2.01. The van der Waals surface area contributed by atoms with E-state index in [1.54, 1.807) is 0 Å². The molecule has 0 aromatic heterocycles. The minimum Gasteiger partial charge on any atom is -0.370 e. The first-order chi connectivity index (χ1) is 6.71. The van der Waals surface area contributed by atoms with Gasteiger partial charge in [0.05, 0.1) is 12.2 Å². The van der Waals surface area contributed by atoms with Crippen molar-refractivity contribution < 1.29 is 4.74 Å². The molecule has 1 unspecified atom stereocenters. The van der Waals surface area contributed by atoms with E-state index in [2.05, 4.69) is 37.8 Å². The van der Waals surface area contributed by atoms with Crippen molar-refractivity contribution in [1.82, 2.24) is 0 Å². The molecule has 14 heavy (non-hydrogen) atoms. The van der Waals surface area contributed by atoms with Crippen molar-refractivity contribution in [3.8, 4) is 0 Å². The lowest BCUT2D eigenvalue weighted by molar-refractivity contribution is -0.0522. The summed E-state index contributed by atoms with van der Waals surface area (Å²) in [6.45, 7) is 7.00. The first-order valence-corrected chi connectivity index (χ1v) is 5.07. The maximum absolute atomic E-state index is 5.86. The highest BCUT2D eigenvalue weighted by molar-refractivity contribution is 5.25. The van der Waals surface area contributed by atoms with E-state index >= 15 is 0 Å². The molecule has 1 heterocycles. The largest absolute Gasteiger partial charge is 0.370 e. The van der Waals surface area contributed by atoms with Gasteiger partial charge in [0.2, 0.25) is 0 Å². The Morgan fingerprint density at radius 1 is 1.29 bits per heavy atom. The Kier molecular flexibility index (Phi) is 2.42. The number of rotatable bonds is 1. The van der Waals surface area contributed by atoms with Crippen molar-refractivity contribution in [3.63, 3.8) is 0 Å². The molecule has 1 saturated heterocycles. The van der Waals surface area contributed by atoms with Crippen LogP contribution in [0.15, 0.2) is 42.5 Å². The minimum absolute atomic E-state index is 0.156. The van der Waals surface area contributed by atoms with E-state index in [0.717, 1.165) is 19.4 Å². The average Bonchev–Trinajstić information content (AvgIpc) is 2.19. The van der Waals surface area contributed by atoms with Gasteiger partial charge in [-0.05, 0) is 18.9 Å². The van der Waals surface area contributed by atoms with Crippen molar-refractivity contribution in [2.45, 2.75) is 25.4 Å². The van der Waals surface area contributed by atoms with Gasteiger partial charge in [0.25, 0.3) is 0 Å². The van der Waals surface area contributed by atoms with Gasteiger partial charge in [-0.3, -0.25) is 0 Å². The smallest absolute Gasteiger partial charge is 0.0940 e. The van der Waals surface area contributed by atoms with E-state index in [9.17, 15) is 0 Å². The van der Waals surface area contributed by atoms with E-state index in [0.29, 0.717) is 0 Å². The zero-order chi connectivity index (χ0) is 10.0. The van der Waals surface area contributed by atoms with Crippen molar-refractivity contribution in [2.24, 2.45) is 0 Å². The van der Waals surface area contributed by atoms with Crippen molar-refractivity contribution >= 4 is 0 Å². The first-order valence-electron chi connectivity index (χ1n) is 5.07. The first kappa shape index (κ1) is 9.47. The fourth-order valence-corrected chi connectivity index (χ4v) is 2.01. The highest BCUT2D eigenvalue weighted by Crippen LogP contribution is 2.36. The third-order valence-corrected chi connectivity index (χ3v) is 2.85. The number of ether oxygens (including phenoxy) is 1. The topological polar surface area (TPSA) is 9.23 Å². The fraction of sp³-hybridized carbons (Fsp3) is 0.385. The molecule has 0 bridgehead atoms. The zero-order valence-electron chi connectivity index (χ0n) is 8.62. The highest BCUT2D eigenvalue weighted by atomic mass is 16.5. The molecule has 0 aliphatic carbocycles. The third-order valence-electron chi connectivity index (χ3n) is 2.85. The summed E-state index contributed by atoms with van der Waals surface area (Å²) in [5.74, 6) is 0. The predicted octanol–water partition coefficient (Wildman–Crippen LogP) is 3.27. The number of benzene rings is 1. The van der Waals surface area contributed by atoms with Crippen LogP contribution in [0.4, 0.5) is 0 Å². The quantitative estimate of drug-likeness (QED) is 0.615. The Bertz CT molecular complexity index is 328. The van der Waals surface area contributed by atoms with E-state index in [1.807, 2.05) is 6.07 Å². The van der Waals surface area contributed by atoms with E-state index in [-0.39, 0.29) is 5.60 Å². The Labute approximate surface area is 85.4 Å². The van der Waals surface area contributed by atoms with Crippen molar-refractivity contribution in [2.75, 3.05) is 6.61 Å². The van der Waals surface area contributed by atoms with Gasteiger partial charge in [-0.2, -0.15) is 0 Å². The van der Waals surface area contributed by atoms with Gasteiger partial charge in [-0.15, -0.1) is 0 Å². The zero-order valence-corrected chi connectivity index (χ0v) is 8.62. The molecule has 0 spiro atoms. The second-order valence-corrected chi connectivity index (χ2v) is 4.12. The molecule has 1 aliphatic rings. The van der Waals surface area contributed by atoms with Gasteiger partial charge < -0.3 is 4.74 Å². The molecule has 1 heteroatoms. The normalized spacial score (nSPS) is 27.6. The van der Waals surface area contributed by atoms with E-state index in [1.165, 1.54) is 11.1 Å². The maximum atomic E-state index is 5.86. The molecule has 0 radical (unpaired) electrons. The summed E-state index contributed by atoms with van der Waals surface area (Å²) >= 11 is 0. The van der Waals surface area contributed by atoms with Crippen LogP contribution in [0.2, 0.25) is 0 Å². The third kappa shape index (κ3) is 1.73. The van der Waals surface area contributed by atoms with Gasteiger partial charge >= 0.3 is 0 Å². The van der Waals surface area contributed by atoms with Crippen LogP contribution < -0.4 is 0 Å². The summed E-state index contributed by atoms with van der Waals surface area (Å²) in [4.78, 5) is 0. The lowest BCUT2D eigenvalue weighted by atomic mass is 9.86. The Hall–Kier alpha value is -1.08. The van der Waals surface area contributed by atoms with Gasteiger partial charge in [0.1, 0.15) is 0 Å². The summed E-state index contributed by atoms with van der Waals surface area (Å²) in [5, 5.41) is 0. The van der Waals surface area contributed by atoms with E-state index < -0.39 is 0 Å². The average molecular weight is 188 g/mol. The molecular formula is C13H16O. The lowest BCUT2D eigenvalue weighted by Crippen LogP contribution is -2.30. The van der Waals surface area contributed by atoms with Crippen molar-refractivity contribution in [3.05, 3.63) is 48.0 Å². The molecule has 0 saturated carbocycles. The number of hydrogen-bond donors (Lipinski definition) is 0. The van der Waals surface area contributed by atoms with Crippen LogP contribution in [-0.2, 0) is 10.3 Å². The van der Waals surface area contributed by atoms with Gasteiger partial charge in [0, 0.05) is 6.42 Å². The standard InChI is InChI=1S/C13H16O/c1-11-8-9-14-13(2,10-11)12-6-4-3-5-7-12/h3-7H,1,8-10H2,2H3. The number of hydrogen-bond acceptors (Lipinski definition) is 1. The molecule has 1 nitrogen and oxygen atoms in total. The monoisotopic (exact) mass is 188 g/mol. The minimum atomic E-state index is -0.156. The van der Waals surface area contributed by atoms with Crippen LogP contribution in [0, 0.1) is 0 Å². The van der Waals surface area contributed by atoms with Gasteiger partial charge in [0.15, 0.2) is 0 Å². The van der Waals surface area contributed by atoms with Crippen LogP contribution in [0.3, 0.4) is 0 Å². The highest BCUT2D eigenvalue weighted by Gasteiger charge is 2.30. The lowest BCUT2D eigenvalue weighted by Gasteiger charge is -2.35. The molecule has 2 rings (SSSR count). The Morgan fingerprint density at radius 2 is 2.00 bits per heavy atom. The predicted molar refractivity (Wildman–Crippen MR) is 58.1 cm³/mol. The van der Waals surface area contributed by atoms with Crippen LogP contribution in [-0.4, -0.2) is 6.61 Å². The second kappa shape index (κ2) is 3.58. The molecule has 0 amide bonds. The molecular weight excluding hydrogens is 172 g/mol. The molecule has 1 aromatic carbocycles. The SMILES string of the molecule is C=C1CCOC(C)(c2ccccc2)C1. The summed E-state index contributed by atoms with van der Waals surface area (Å²) in [5.41, 5.74) is 2.39. The summed E-state index contributed by atoms with van der Waals surface area (Å²) in [6.07, 6.45) is 1.94. The van der Waals surface area contributed by atoms with Gasteiger partial charge in [-0.1, -0.05) is 42.5 Å². The molecule has 1 fully saturated rings. The maximum Gasteiger partial charge on any atom is 0.0940 e. The van der Waals surface area contributed by atoms with Crippen LogP contribution in [0.1, 0.15) is 25.3 Å². The van der Waals surface area contributed by atoms with Crippen LogP contribution >= 0.6 is 0 Å². The second-order valence-electron chi connectivity index (χ2n) is 4.12. The molecule has 74 valence electrons. The summed E-state index contributed by atoms with van der Waals surface area (Å²) in [7, 11) is 0. The van der Waals surface area contributed by atoms with Gasteiger partial charge in [-0.25, -0.2) is 0 Å².